The van der Waals surface area contributed by atoms with Crippen LogP contribution in [0, 0.1) is 0 Å². The Morgan fingerprint density at radius 3 is 2.35 bits per heavy atom. The van der Waals surface area contributed by atoms with E-state index in [1.165, 1.54) is 23.1 Å². The predicted molar refractivity (Wildman–Crippen MR) is 154 cm³/mol. The molecular formula is C30H21N3O2S2. The second kappa shape index (κ2) is 10.0. The van der Waals surface area contributed by atoms with E-state index in [-0.39, 0.29) is 17.2 Å². The summed E-state index contributed by atoms with van der Waals surface area (Å²) in [6, 6.07) is 35.1. The average molecular weight is 520 g/mol. The van der Waals surface area contributed by atoms with E-state index in [1.54, 1.807) is 4.57 Å². The number of carbonyl (C=O) groups excluding carboxylic acids is 1. The van der Waals surface area contributed by atoms with Crippen molar-refractivity contribution in [2.24, 2.45) is 0 Å². The highest BCUT2D eigenvalue weighted by Crippen LogP contribution is 2.33. The van der Waals surface area contributed by atoms with Crippen LogP contribution in [-0.2, 0) is 4.79 Å². The molecule has 0 radical (unpaired) electrons. The van der Waals surface area contributed by atoms with Gasteiger partial charge in [-0.05, 0) is 35.2 Å². The minimum Gasteiger partial charge on any atom is -0.325 e. The molecule has 0 saturated carbocycles. The van der Waals surface area contributed by atoms with Crippen LogP contribution in [0.25, 0.3) is 37.1 Å². The van der Waals surface area contributed by atoms with Crippen LogP contribution in [-0.4, -0.2) is 21.2 Å². The van der Waals surface area contributed by atoms with Crippen molar-refractivity contribution in [3.05, 3.63) is 120 Å². The highest BCUT2D eigenvalue weighted by atomic mass is 32.2. The van der Waals surface area contributed by atoms with Gasteiger partial charge in [-0.3, -0.25) is 14.2 Å². The Morgan fingerprint density at radius 2 is 1.54 bits per heavy atom. The first-order chi connectivity index (χ1) is 18.2. The Labute approximate surface area is 221 Å². The topological polar surface area (TPSA) is 64.0 Å². The van der Waals surface area contributed by atoms with Gasteiger partial charge in [-0.1, -0.05) is 96.7 Å². The molecule has 2 aromatic heterocycles. The molecule has 6 rings (SSSR count). The summed E-state index contributed by atoms with van der Waals surface area (Å²) in [5, 5.41) is 6.11. The summed E-state index contributed by atoms with van der Waals surface area (Å²) in [7, 11) is 0. The summed E-state index contributed by atoms with van der Waals surface area (Å²) in [5.74, 6) is -0.0447. The minimum absolute atomic E-state index is 0.116. The van der Waals surface area contributed by atoms with Crippen molar-refractivity contribution >= 4 is 55.7 Å². The van der Waals surface area contributed by atoms with Crippen LogP contribution in [0.5, 0.6) is 0 Å². The lowest BCUT2D eigenvalue weighted by molar-refractivity contribution is -0.113. The number of nitrogens with zero attached hydrogens (tertiary/aromatic N) is 2. The van der Waals surface area contributed by atoms with Gasteiger partial charge in [-0.25, -0.2) is 4.98 Å². The van der Waals surface area contributed by atoms with Gasteiger partial charge in [0.25, 0.3) is 5.56 Å². The zero-order valence-electron chi connectivity index (χ0n) is 19.6. The molecule has 37 heavy (non-hydrogen) atoms. The molecule has 4 aromatic carbocycles. The molecule has 0 spiro atoms. The molecule has 0 fully saturated rings. The van der Waals surface area contributed by atoms with E-state index in [1.807, 2.05) is 109 Å². The second-order valence-electron chi connectivity index (χ2n) is 8.43. The van der Waals surface area contributed by atoms with E-state index in [2.05, 4.69) is 5.32 Å². The van der Waals surface area contributed by atoms with Gasteiger partial charge in [-0.2, -0.15) is 0 Å². The molecule has 5 nitrogen and oxygen atoms in total. The summed E-state index contributed by atoms with van der Waals surface area (Å²) < 4.78 is 1.60. The first kappa shape index (κ1) is 23.2. The third-order valence-corrected chi connectivity index (χ3v) is 8.02. The van der Waals surface area contributed by atoms with Crippen LogP contribution < -0.4 is 10.9 Å². The van der Waals surface area contributed by atoms with Crippen LogP contribution >= 0.6 is 23.1 Å². The lowest BCUT2D eigenvalue weighted by Gasteiger charge is -2.12. The number of rotatable bonds is 6. The summed E-state index contributed by atoms with van der Waals surface area (Å²) in [6.07, 6.45) is 0. The van der Waals surface area contributed by atoms with Gasteiger partial charge in [0.1, 0.15) is 4.83 Å². The number of aromatic nitrogens is 2. The number of hydrogen-bond donors (Lipinski definition) is 1. The molecule has 0 aliphatic heterocycles. The number of benzene rings is 4. The molecule has 180 valence electrons. The van der Waals surface area contributed by atoms with Gasteiger partial charge in [0.15, 0.2) is 5.16 Å². The van der Waals surface area contributed by atoms with Gasteiger partial charge >= 0.3 is 0 Å². The van der Waals surface area contributed by atoms with Gasteiger partial charge in [0.2, 0.25) is 5.91 Å². The number of anilines is 1. The van der Waals surface area contributed by atoms with Crippen molar-refractivity contribution < 1.29 is 4.79 Å². The number of amides is 1. The molecular weight excluding hydrogens is 498 g/mol. The fourth-order valence-corrected chi connectivity index (χ4v) is 6.15. The van der Waals surface area contributed by atoms with E-state index in [4.69, 9.17) is 4.98 Å². The molecule has 6 aromatic rings. The number of thiophene rings is 1. The maximum atomic E-state index is 13.7. The van der Waals surface area contributed by atoms with Crippen LogP contribution in [0.4, 0.5) is 5.69 Å². The molecule has 0 aliphatic carbocycles. The van der Waals surface area contributed by atoms with Gasteiger partial charge < -0.3 is 5.32 Å². The largest absolute Gasteiger partial charge is 0.325 e. The van der Waals surface area contributed by atoms with E-state index in [0.717, 1.165) is 26.9 Å². The van der Waals surface area contributed by atoms with Crippen molar-refractivity contribution in [3.8, 4) is 16.1 Å². The predicted octanol–water partition coefficient (Wildman–Crippen LogP) is 7.00. The highest BCUT2D eigenvalue weighted by Gasteiger charge is 2.18. The van der Waals surface area contributed by atoms with Crippen molar-refractivity contribution in [1.82, 2.24) is 9.55 Å². The summed E-state index contributed by atoms with van der Waals surface area (Å²) >= 11 is 2.74. The lowest BCUT2D eigenvalue weighted by Crippen LogP contribution is -2.22. The first-order valence-electron chi connectivity index (χ1n) is 11.8. The Kier molecular flexibility index (Phi) is 6.30. The third-order valence-electron chi connectivity index (χ3n) is 6.00. The summed E-state index contributed by atoms with van der Waals surface area (Å²) in [5.41, 5.74) is 2.37. The molecule has 0 saturated heterocycles. The van der Waals surface area contributed by atoms with Gasteiger partial charge in [-0.15, -0.1) is 11.3 Å². The Bertz CT molecular complexity index is 1790. The maximum absolute atomic E-state index is 13.7. The fraction of sp³-hybridized carbons (Fsp3) is 0.0333. The second-order valence-corrected chi connectivity index (χ2v) is 10.4. The van der Waals surface area contributed by atoms with E-state index in [0.29, 0.717) is 21.1 Å². The molecule has 0 unspecified atom stereocenters. The van der Waals surface area contributed by atoms with Crippen LogP contribution in [0.3, 0.4) is 0 Å². The molecule has 2 heterocycles. The SMILES string of the molecule is O=C(CSc1nc2sc(-c3ccccc3)cc2c(=O)n1-c1ccccc1)Nc1cccc2ccccc12. The minimum atomic E-state index is -0.161. The quantitative estimate of drug-likeness (QED) is 0.190. The first-order valence-corrected chi connectivity index (χ1v) is 13.6. The van der Waals surface area contributed by atoms with Crippen molar-refractivity contribution in [2.45, 2.75) is 5.16 Å². The monoisotopic (exact) mass is 519 g/mol. The van der Waals surface area contributed by atoms with Gasteiger partial charge in [0, 0.05) is 16.0 Å². The van der Waals surface area contributed by atoms with Crippen molar-refractivity contribution in [1.29, 1.82) is 0 Å². The van der Waals surface area contributed by atoms with Crippen molar-refractivity contribution in [3.63, 3.8) is 0 Å². The number of nitrogens with one attached hydrogen (secondary N) is 1. The van der Waals surface area contributed by atoms with Crippen LogP contribution in [0.1, 0.15) is 0 Å². The molecule has 0 bridgehead atoms. The molecule has 1 N–H and O–H groups in total. The number of fused-ring (bicyclic) bond motifs is 2. The molecule has 7 heteroatoms. The van der Waals surface area contributed by atoms with E-state index in [9.17, 15) is 9.59 Å². The van der Waals surface area contributed by atoms with Crippen LogP contribution in [0.15, 0.2) is 119 Å². The molecule has 0 atom stereocenters. The molecule has 1 amide bonds. The third kappa shape index (κ3) is 4.67. The number of thioether (sulfide) groups is 1. The number of carbonyl (C=O) groups is 1. The smallest absolute Gasteiger partial charge is 0.267 e. The standard InChI is InChI=1S/C30H21N3O2S2/c34-27(31-25-17-9-13-20-10-7-8-16-23(20)25)19-36-30-32-28-24(18-26(37-28)21-11-3-1-4-12-21)29(35)33(30)22-14-5-2-6-15-22/h1-18H,19H2,(H,31,34). The lowest BCUT2D eigenvalue weighted by atomic mass is 10.1. The molecule has 0 aliphatic rings. The fourth-order valence-electron chi connectivity index (χ4n) is 4.26. The van der Waals surface area contributed by atoms with E-state index < -0.39 is 0 Å². The van der Waals surface area contributed by atoms with E-state index >= 15 is 0 Å². The normalized spacial score (nSPS) is 11.1. The number of hydrogen-bond acceptors (Lipinski definition) is 5. The highest BCUT2D eigenvalue weighted by molar-refractivity contribution is 7.99. The van der Waals surface area contributed by atoms with Crippen molar-refractivity contribution in [2.75, 3.05) is 11.1 Å². The summed E-state index contributed by atoms with van der Waals surface area (Å²) in [6.45, 7) is 0. The number of para-hydroxylation sites is 1. The Balaban J connectivity index is 1.35. The van der Waals surface area contributed by atoms with Gasteiger partial charge in [0.05, 0.1) is 16.8 Å². The zero-order valence-corrected chi connectivity index (χ0v) is 21.3. The zero-order chi connectivity index (χ0) is 25.2. The van der Waals surface area contributed by atoms with Crippen LogP contribution in [0.2, 0.25) is 0 Å². The Hall–Kier alpha value is -4.20. The summed E-state index contributed by atoms with van der Waals surface area (Å²) in [4.78, 5) is 33.2. The Morgan fingerprint density at radius 1 is 0.838 bits per heavy atom. The average Bonchev–Trinajstić information content (AvgIpc) is 3.38. The maximum Gasteiger partial charge on any atom is 0.267 e.